The van der Waals surface area contributed by atoms with Gasteiger partial charge in [0.15, 0.2) is 5.75 Å². The molecule has 6 heteroatoms. The Labute approximate surface area is 105 Å². The van der Waals surface area contributed by atoms with Crippen molar-refractivity contribution in [1.29, 1.82) is 0 Å². The third kappa shape index (κ3) is 2.48. The van der Waals surface area contributed by atoms with Crippen molar-refractivity contribution in [2.45, 2.75) is 37.6 Å². The molecule has 0 radical (unpaired) electrons. The van der Waals surface area contributed by atoms with Gasteiger partial charge in [-0.3, -0.25) is 4.68 Å². The van der Waals surface area contributed by atoms with Gasteiger partial charge in [0.1, 0.15) is 0 Å². The van der Waals surface area contributed by atoms with Gasteiger partial charge >= 0.3 is 0 Å². The lowest BCUT2D eigenvalue weighted by molar-refractivity contribution is -0.0568. The Hall–Kier alpha value is -1.17. The fraction of sp³-hybridized carbons (Fsp3) is 0.750. The smallest absolute Gasteiger partial charge is 0.248 e. The quantitative estimate of drug-likeness (QED) is 0.905. The summed E-state index contributed by atoms with van der Waals surface area (Å²) < 4.78 is 33.6. The van der Waals surface area contributed by atoms with E-state index in [9.17, 15) is 8.78 Å². The van der Waals surface area contributed by atoms with Crippen LogP contribution >= 0.6 is 0 Å². The summed E-state index contributed by atoms with van der Waals surface area (Å²) in [6.45, 7) is 0. The van der Waals surface area contributed by atoms with E-state index in [-0.39, 0.29) is 18.8 Å². The molecule has 1 saturated carbocycles. The summed E-state index contributed by atoms with van der Waals surface area (Å²) in [5.74, 6) is -2.25. The van der Waals surface area contributed by atoms with Crippen LogP contribution in [0.5, 0.6) is 5.75 Å². The average molecular weight is 259 g/mol. The maximum absolute atomic E-state index is 13.4. The Morgan fingerprint density at radius 1 is 1.61 bits per heavy atom. The fourth-order valence-electron chi connectivity index (χ4n) is 2.70. The molecule has 2 atom stereocenters. The predicted octanol–water partition coefficient (Wildman–Crippen LogP) is 2.25. The van der Waals surface area contributed by atoms with Crippen molar-refractivity contribution in [2.75, 3.05) is 7.11 Å². The van der Waals surface area contributed by atoms with Crippen molar-refractivity contribution in [3.63, 3.8) is 0 Å². The highest BCUT2D eigenvalue weighted by atomic mass is 19.3. The van der Waals surface area contributed by atoms with Crippen molar-refractivity contribution >= 4 is 0 Å². The number of nitrogens with two attached hydrogens (primary N) is 1. The largest absolute Gasteiger partial charge is 0.493 e. The van der Waals surface area contributed by atoms with Gasteiger partial charge in [-0.1, -0.05) is 0 Å². The second-order valence-electron chi connectivity index (χ2n) is 4.96. The predicted molar refractivity (Wildman–Crippen MR) is 63.6 cm³/mol. The molecule has 1 aromatic rings. The van der Waals surface area contributed by atoms with Crippen LogP contribution in [0.15, 0.2) is 6.20 Å². The summed E-state index contributed by atoms with van der Waals surface area (Å²) in [6, 6.07) is -0.460. The minimum Gasteiger partial charge on any atom is -0.493 e. The maximum atomic E-state index is 13.4. The number of aryl methyl sites for hydroxylation is 1. The Bertz CT molecular complexity index is 419. The SMILES string of the molecule is COc1cnn(C)c1C(N)C1CCCC(F)(F)C1. The van der Waals surface area contributed by atoms with Crippen LogP contribution in [0.4, 0.5) is 8.78 Å². The number of ether oxygens (including phenoxy) is 1. The fourth-order valence-corrected chi connectivity index (χ4v) is 2.70. The van der Waals surface area contributed by atoms with Gasteiger partial charge in [0.2, 0.25) is 5.92 Å². The number of nitrogens with zero attached hydrogens (tertiary/aromatic N) is 2. The van der Waals surface area contributed by atoms with Crippen LogP contribution in [-0.2, 0) is 7.05 Å². The first-order valence-electron chi connectivity index (χ1n) is 6.14. The molecule has 4 nitrogen and oxygen atoms in total. The summed E-state index contributed by atoms with van der Waals surface area (Å²) in [5, 5.41) is 4.06. The molecule has 0 amide bonds. The van der Waals surface area contributed by atoms with E-state index in [4.69, 9.17) is 10.5 Å². The molecule has 1 heterocycles. The van der Waals surface area contributed by atoms with E-state index in [2.05, 4.69) is 5.10 Å². The van der Waals surface area contributed by atoms with Crippen LogP contribution < -0.4 is 10.5 Å². The summed E-state index contributed by atoms with van der Waals surface area (Å²) in [6.07, 6.45) is 2.63. The Morgan fingerprint density at radius 3 is 2.94 bits per heavy atom. The minimum atomic E-state index is -2.59. The van der Waals surface area contributed by atoms with Gasteiger partial charge in [0.05, 0.1) is 25.0 Å². The van der Waals surface area contributed by atoms with E-state index in [1.54, 1.807) is 17.9 Å². The lowest BCUT2D eigenvalue weighted by atomic mass is 9.81. The monoisotopic (exact) mass is 259 g/mol. The summed E-state index contributed by atoms with van der Waals surface area (Å²) >= 11 is 0. The minimum absolute atomic E-state index is 0.0290. The van der Waals surface area contributed by atoms with Crippen LogP contribution in [-0.4, -0.2) is 22.8 Å². The van der Waals surface area contributed by atoms with E-state index < -0.39 is 12.0 Å². The number of halogens is 2. The molecular formula is C12H19F2N3O. The van der Waals surface area contributed by atoms with Crippen LogP contribution in [0, 0.1) is 5.92 Å². The van der Waals surface area contributed by atoms with Gasteiger partial charge < -0.3 is 10.5 Å². The van der Waals surface area contributed by atoms with Crippen molar-refractivity contribution < 1.29 is 13.5 Å². The highest BCUT2D eigenvalue weighted by molar-refractivity contribution is 5.28. The molecule has 0 spiro atoms. The van der Waals surface area contributed by atoms with Crippen molar-refractivity contribution in [3.8, 4) is 5.75 Å². The number of methoxy groups -OCH3 is 1. The van der Waals surface area contributed by atoms with Crippen LogP contribution in [0.25, 0.3) is 0 Å². The summed E-state index contributed by atoms with van der Waals surface area (Å²) in [7, 11) is 3.28. The van der Waals surface area contributed by atoms with E-state index >= 15 is 0 Å². The van der Waals surface area contributed by atoms with Crippen LogP contribution in [0.1, 0.15) is 37.4 Å². The normalized spacial score (nSPS) is 24.8. The third-order valence-electron chi connectivity index (χ3n) is 3.67. The Balaban J connectivity index is 2.20. The number of aromatic nitrogens is 2. The Morgan fingerprint density at radius 2 is 2.33 bits per heavy atom. The van der Waals surface area contributed by atoms with Gasteiger partial charge in [-0.25, -0.2) is 8.78 Å². The van der Waals surface area contributed by atoms with Gasteiger partial charge in [-0.05, 0) is 18.8 Å². The first kappa shape index (κ1) is 13.3. The molecule has 1 aliphatic rings. The van der Waals surface area contributed by atoms with Crippen molar-refractivity contribution in [2.24, 2.45) is 18.7 Å². The molecule has 102 valence electrons. The summed E-state index contributed by atoms with van der Waals surface area (Å²) in [4.78, 5) is 0. The van der Waals surface area contributed by atoms with Crippen LogP contribution in [0.2, 0.25) is 0 Å². The van der Waals surface area contributed by atoms with Gasteiger partial charge in [-0.2, -0.15) is 5.10 Å². The molecule has 2 rings (SSSR count). The molecular weight excluding hydrogens is 240 g/mol. The van der Waals surface area contributed by atoms with Gasteiger partial charge in [0.25, 0.3) is 0 Å². The zero-order valence-corrected chi connectivity index (χ0v) is 10.7. The molecule has 2 unspecified atom stereocenters. The van der Waals surface area contributed by atoms with Gasteiger partial charge in [0, 0.05) is 19.9 Å². The van der Waals surface area contributed by atoms with Crippen molar-refractivity contribution in [1.82, 2.24) is 9.78 Å². The molecule has 0 bridgehead atoms. The molecule has 0 aromatic carbocycles. The topological polar surface area (TPSA) is 53.1 Å². The summed E-state index contributed by atoms with van der Waals surface area (Å²) in [5.41, 5.74) is 6.83. The molecule has 1 fully saturated rings. The highest BCUT2D eigenvalue weighted by Crippen LogP contribution is 2.42. The van der Waals surface area contributed by atoms with E-state index in [0.717, 1.165) is 6.42 Å². The second kappa shape index (κ2) is 4.84. The third-order valence-corrected chi connectivity index (χ3v) is 3.67. The highest BCUT2D eigenvalue weighted by Gasteiger charge is 2.40. The molecule has 0 saturated heterocycles. The van der Waals surface area contributed by atoms with E-state index in [1.807, 2.05) is 0 Å². The first-order chi connectivity index (χ1) is 8.44. The molecule has 0 aliphatic heterocycles. The number of rotatable bonds is 3. The number of hydrogen-bond acceptors (Lipinski definition) is 3. The standard InChI is InChI=1S/C12H19F2N3O/c1-17-11(9(18-2)7-16-17)10(15)8-4-3-5-12(13,14)6-8/h7-8,10H,3-6,15H2,1-2H3. The lowest BCUT2D eigenvalue weighted by Crippen LogP contribution is -2.33. The Kier molecular flexibility index (Phi) is 3.56. The average Bonchev–Trinajstić information content (AvgIpc) is 2.68. The second-order valence-corrected chi connectivity index (χ2v) is 4.96. The first-order valence-corrected chi connectivity index (χ1v) is 6.14. The molecule has 18 heavy (non-hydrogen) atoms. The molecule has 1 aromatic heterocycles. The zero-order chi connectivity index (χ0) is 13.3. The van der Waals surface area contributed by atoms with Crippen molar-refractivity contribution in [3.05, 3.63) is 11.9 Å². The number of alkyl halides is 2. The van der Waals surface area contributed by atoms with Crippen LogP contribution in [0.3, 0.4) is 0 Å². The van der Waals surface area contributed by atoms with Gasteiger partial charge in [-0.15, -0.1) is 0 Å². The molecule has 2 N–H and O–H groups in total. The van der Waals surface area contributed by atoms with E-state index in [0.29, 0.717) is 17.9 Å². The van der Waals surface area contributed by atoms with E-state index in [1.165, 1.54) is 7.11 Å². The zero-order valence-electron chi connectivity index (χ0n) is 10.7. The molecule has 1 aliphatic carbocycles. The number of hydrogen-bond donors (Lipinski definition) is 1. The maximum Gasteiger partial charge on any atom is 0.248 e. The lowest BCUT2D eigenvalue weighted by Gasteiger charge is -2.32.